The summed E-state index contributed by atoms with van der Waals surface area (Å²) in [6.45, 7) is 7.10. The van der Waals surface area contributed by atoms with E-state index >= 15 is 0 Å². The van der Waals surface area contributed by atoms with Crippen LogP contribution in [0.25, 0.3) is 0 Å². The van der Waals surface area contributed by atoms with Gasteiger partial charge in [0, 0.05) is 12.5 Å². The van der Waals surface area contributed by atoms with E-state index in [4.69, 9.17) is 0 Å². The van der Waals surface area contributed by atoms with Crippen LogP contribution in [0.2, 0.25) is 0 Å². The van der Waals surface area contributed by atoms with Gasteiger partial charge in [-0.3, -0.25) is 9.69 Å². The molecule has 0 N–H and O–H groups in total. The van der Waals surface area contributed by atoms with Gasteiger partial charge in [-0.2, -0.15) is 0 Å². The largest absolute Gasteiger partial charge is 0.298 e. The number of rotatable bonds is 2. The lowest BCUT2D eigenvalue weighted by Gasteiger charge is -2.33. The Bertz CT molecular complexity index is 383. The zero-order chi connectivity index (χ0) is 11.8. The molecule has 2 nitrogen and oxygen atoms in total. The summed E-state index contributed by atoms with van der Waals surface area (Å²) >= 11 is 0. The maximum atomic E-state index is 12.0. The monoisotopic (exact) mass is 217 g/mol. The minimum atomic E-state index is -0.310. The van der Waals surface area contributed by atoms with Crippen LogP contribution in [0.3, 0.4) is 0 Å². The second kappa shape index (κ2) is 4.02. The summed E-state index contributed by atoms with van der Waals surface area (Å²) in [7, 11) is 0. The van der Waals surface area contributed by atoms with Crippen molar-refractivity contribution in [2.45, 2.75) is 38.8 Å². The third-order valence-corrected chi connectivity index (χ3v) is 3.68. The van der Waals surface area contributed by atoms with Crippen molar-refractivity contribution in [2.24, 2.45) is 0 Å². The van der Waals surface area contributed by atoms with E-state index in [0.717, 1.165) is 6.54 Å². The van der Waals surface area contributed by atoms with Crippen molar-refractivity contribution >= 4 is 5.78 Å². The number of hydrogen-bond donors (Lipinski definition) is 0. The fourth-order valence-electron chi connectivity index (χ4n) is 2.67. The first-order chi connectivity index (χ1) is 7.57. The number of likely N-dealkylation sites (tertiary alicyclic amines) is 1. The highest BCUT2D eigenvalue weighted by molar-refractivity contribution is 5.90. The highest BCUT2D eigenvalue weighted by atomic mass is 16.1. The van der Waals surface area contributed by atoms with E-state index in [9.17, 15) is 4.79 Å². The summed E-state index contributed by atoms with van der Waals surface area (Å²) in [5.74, 6) is 0.350. The van der Waals surface area contributed by atoms with Crippen LogP contribution in [0.1, 0.15) is 38.8 Å². The molecule has 0 bridgehead atoms. The number of benzene rings is 1. The number of carbonyl (C=O) groups is 1. The lowest BCUT2D eigenvalue weighted by molar-refractivity contribution is -0.123. The third-order valence-electron chi connectivity index (χ3n) is 3.68. The van der Waals surface area contributed by atoms with E-state index in [1.54, 1.807) is 0 Å². The standard InChI is InChI=1S/C14H19NO/c1-4-15-12(10-13(16)14(15,2)3)11-8-6-5-7-9-11/h5-9,12H,4,10H2,1-3H3. The van der Waals surface area contributed by atoms with E-state index in [0.29, 0.717) is 12.2 Å². The first kappa shape index (κ1) is 11.3. The van der Waals surface area contributed by atoms with Crippen LogP contribution in [-0.2, 0) is 4.79 Å². The molecule has 2 rings (SSSR count). The highest BCUT2D eigenvalue weighted by Crippen LogP contribution is 2.39. The van der Waals surface area contributed by atoms with Crippen LogP contribution < -0.4 is 0 Å². The van der Waals surface area contributed by atoms with Gasteiger partial charge in [-0.05, 0) is 26.0 Å². The Labute approximate surface area is 97.3 Å². The van der Waals surface area contributed by atoms with Gasteiger partial charge >= 0.3 is 0 Å². The predicted molar refractivity (Wildman–Crippen MR) is 65.3 cm³/mol. The topological polar surface area (TPSA) is 20.3 Å². The third kappa shape index (κ3) is 1.67. The molecule has 1 aromatic carbocycles. The maximum Gasteiger partial charge on any atom is 0.154 e. The van der Waals surface area contributed by atoms with Crippen LogP contribution in [0.5, 0.6) is 0 Å². The molecule has 0 aliphatic carbocycles. The summed E-state index contributed by atoms with van der Waals surface area (Å²) in [5.41, 5.74) is 0.943. The maximum absolute atomic E-state index is 12.0. The second-order valence-electron chi connectivity index (χ2n) is 4.90. The van der Waals surface area contributed by atoms with Crippen molar-refractivity contribution in [2.75, 3.05) is 6.54 Å². The van der Waals surface area contributed by atoms with E-state index in [1.807, 2.05) is 32.0 Å². The van der Waals surface area contributed by atoms with Gasteiger partial charge in [0.25, 0.3) is 0 Å². The molecule has 0 saturated carbocycles. The molecule has 1 aliphatic heterocycles. The van der Waals surface area contributed by atoms with Gasteiger partial charge in [-0.25, -0.2) is 0 Å². The van der Waals surface area contributed by atoms with Gasteiger partial charge in [-0.15, -0.1) is 0 Å². The Kier molecular flexibility index (Phi) is 2.85. The van der Waals surface area contributed by atoms with Crippen molar-refractivity contribution in [1.29, 1.82) is 0 Å². The lowest BCUT2D eigenvalue weighted by atomic mass is 10.0. The fourth-order valence-corrected chi connectivity index (χ4v) is 2.67. The Balaban J connectivity index is 2.34. The average Bonchev–Trinajstić information content (AvgIpc) is 2.51. The molecule has 1 unspecified atom stereocenters. The molecular weight excluding hydrogens is 198 g/mol. The summed E-state index contributed by atoms with van der Waals surface area (Å²) < 4.78 is 0. The smallest absolute Gasteiger partial charge is 0.154 e. The Morgan fingerprint density at radius 3 is 2.50 bits per heavy atom. The molecule has 0 radical (unpaired) electrons. The van der Waals surface area contributed by atoms with E-state index in [2.05, 4.69) is 24.0 Å². The minimum Gasteiger partial charge on any atom is -0.298 e. The number of hydrogen-bond acceptors (Lipinski definition) is 2. The zero-order valence-electron chi connectivity index (χ0n) is 10.2. The normalized spacial score (nSPS) is 24.9. The van der Waals surface area contributed by atoms with Crippen molar-refractivity contribution in [1.82, 2.24) is 4.90 Å². The van der Waals surface area contributed by atoms with Gasteiger partial charge in [-0.1, -0.05) is 37.3 Å². The molecule has 86 valence electrons. The quantitative estimate of drug-likeness (QED) is 0.759. The lowest BCUT2D eigenvalue weighted by Crippen LogP contribution is -2.43. The molecule has 1 saturated heterocycles. The van der Waals surface area contributed by atoms with Crippen LogP contribution >= 0.6 is 0 Å². The molecule has 0 spiro atoms. The van der Waals surface area contributed by atoms with Crippen molar-refractivity contribution in [3.63, 3.8) is 0 Å². The van der Waals surface area contributed by atoms with E-state index in [1.165, 1.54) is 5.56 Å². The number of likely N-dealkylation sites (N-methyl/N-ethyl adjacent to an activating group) is 1. The molecule has 0 amide bonds. The van der Waals surface area contributed by atoms with Crippen LogP contribution in [0.4, 0.5) is 0 Å². The SMILES string of the molecule is CCN1C(c2ccccc2)CC(=O)C1(C)C. The molecule has 1 fully saturated rings. The molecule has 1 atom stereocenters. The van der Waals surface area contributed by atoms with Gasteiger partial charge < -0.3 is 0 Å². The van der Waals surface area contributed by atoms with Gasteiger partial charge in [0.1, 0.15) is 0 Å². The van der Waals surface area contributed by atoms with Crippen LogP contribution in [-0.4, -0.2) is 22.8 Å². The first-order valence-electron chi connectivity index (χ1n) is 5.92. The molecule has 1 heterocycles. The van der Waals surface area contributed by atoms with Crippen LogP contribution in [0, 0.1) is 0 Å². The van der Waals surface area contributed by atoms with E-state index < -0.39 is 0 Å². The number of ketones is 1. The van der Waals surface area contributed by atoms with Gasteiger partial charge in [0.05, 0.1) is 5.54 Å². The Morgan fingerprint density at radius 1 is 1.31 bits per heavy atom. The second-order valence-corrected chi connectivity index (χ2v) is 4.90. The van der Waals surface area contributed by atoms with Crippen molar-refractivity contribution < 1.29 is 4.79 Å². The number of Topliss-reactive ketones (excluding diaryl/α,β-unsaturated/α-hetero) is 1. The van der Waals surface area contributed by atoms with Gasteiger partial charge in [0.2, 0.25) is 0 Å². The number of nitrogens with zero attached hydrogens (tertiary/aromatic N) is 1. The van der Waals surface area contributed by atoms with Crippen molar-refractivity contribution in [3.8, 4) is 0 Å². The Morgan fingerprint density at radius 2 is 1.94 bits per heavy atom. The van der Waals surface area contributed by atoms with E-state index in [-0.39, 0.29) is 11.6 Å². The van der Waals surface area contributed by atoms with Gasteiger partial charge in [0.15, 0.2) is 5.78 Å². The molecule has 0 aromatic heterocycles. The molecule has 1 aliphatic rings. The number of carbonyl (C=O) groups excluding carboxylic acids is 1. The predicted octanol–water partition coefficient (Wildman–Crippen LogP) is 2.80. The molecule has 1 aromatic rings. The minimum absolute atomic E-state index is 0.258. The molecule has 2 heteroatoms. The Hall–Kier alpha value is -1.15. The summed E-state index contributed by atoms with van der Waals surface area (Å²) in [6, 6.07) is 10.6. The fraction of sp³-hybridized carbons (Fsp3) is 0.500. The zero-order valence-corrected chi connectivity index (χ0v) is 10.2. The summed E-state index contributed by atoms with van der Waals surface area (Å²) in [5, 5.41) is 0. The average molecular weight is 217 g/mol. The van der Waals surface area contributed by atoms with Crippen molar-refractivity contribution in [3.05, 3.63) is 35.9 Å². The first-order valence-corrected chi connectivity index (χ1v) is 5.92. The summed E-state index contributed by atoms with van der Waals surface area (Å²) in [6.07, 6.45) is 0.644. The highest BCUT2D eigenvalue weighted by Gasteiger charge is 2.45. The molecular formula is C14H19NO. The molecule has 16 heavy (non-hydrogen) atoms. The summed E-state index contributed by atoms with van der Waals surface area (Å²) in [4.78, 5) is 14.3. The van der Waals surface area contributed by atoms with Crippen LogP contribution in [0.15, 0.2) is 30.3 Å².